The van der Waals surface area contributed by atoms with Crippen LogP contribution in [0.2, 0.25) is 0 Å². The molecular formula is C21H25N5O2S. The van der Waals surface area contributed by atoms with Crippen LogP contribution in [0.4, 0.5) is 0 Å². The first-order valence-corrected chi connectivity index (χ1v) is 10.2. The molecule has 0 spiro atoms. The summed E-state index contributed by atoms with van der Waals surface area (Å²) in [6.07, 6.45) is 0.551. The summed E-state index contributed by atoms with van der Waals surface area (Å²) in [7, 11) is 3.43. The highest BCUT2D eigenvalue weighted by Gasteiger charge is 2.15. The van der Waals surface area contributed by atoms with Gasteiger partial charge in [-0.25, -0.2) is 4.68 Å². The Morgan fingerprint density at radius 1 is 1.10 bits per heavy atom. The highest BCUT2D eigenvalue weighted by atomic mass is 32.2. The van der Waals surface area contributed by atoms with Gasteiger partial charge < -0.3 is 15.5 Å². The molecule has 0 saturated carbocycles. The number of carbonyl (C=O) groups is 1. The number of thioether (sulfide) groups is 1. The van der Waals surface area contributed by atoms with Crippen molar-refractivity contribution in [2.45, 2.75) is 25.0 Å². The molecule has 1 amide bonds. The maximum absolute atomic E-state index is 12.5. The van der Waals surface area contributed by atoms with Gasteiger partial charge in [-0.15, -0.1) is 10.2 Å². The van der Waals surface area contributed by atoms with E-state index in [1.54, 1.807) is 19.1 Å². The third-order valence-electron chi connectivity index (χ3n) is 4.55. The van der Waals surface area contributed by atoms with Crippen molar-refractivity contribution in [3.05, 3.63) is 71.0 Å². The average molecular weight is 412 g/mol. The quantitative estimate of drug-likeness (QED) is 0.453. The number of benzene rings is 2. The molecule has 0 bridgehead atoms. The zero-order chi connectivity index (χ0) is 20.8. The Kier molecular flexibility index (Phi) is 6.77. The Bertz CT molecular complexity index is 954. The first-order chi connectivity index (χ1) is 14.0. The van der Waals surface area contributed by atoms with E-state index in [-0.39, 0.29) is 11.7 Å². The van der Waals surface area contributed by atoms with E-state index in [9.17, 15) is 4.79 Å². The molecule has 1 heterocycles. The maximum atomic E-state index is 12.5. The number of hydrogen-bond donors (Lipinski definition) is 1. The van der Waals surface area contributed by atoms with Crippen molar-refractivity contribution in [2.24, 2.45) is 0 Å². The second-order valence-corrected chi connectivity index (χ2v) is 7.76. The highest BCUT2D eigenvalue weighted by molar-refractivity contribution is 7.99. The van der Waals surface area contributed by atoms with Crippen molar-refractivity contribution >= 4 is 17.7 Å². The molecule has 2 N–H and O–H groups in total. The Labute approximate surface area is 174 Å². The normalized spacial score (nSPS) is 10.7. The van der Waals surface area contributed by atoms with Crippen LogP contribution in [0.15, 0.2) is 53.7 Å². The number of ether oxygens (including phenoxy) is 1. The van der Waals surface area contributed by atoms with Gasteiger partial charge in [0.2, 0.25) is 11.1 Å². The first-order valence-electron chi connectivity index (χ1n) is 9.21. The fourth-order valence-electron chi connectivity index (χ4n) is 2.74. The number of aryl methyl sites for hydroxylation is 1. The third-order valence-corrected chi connectivity index (χ3v) is 5.48. The lowest BCUT2D eigenvalue weighted by atomic mass is 10.1. The predicted molar refractivity (Wildman–Crippen MR) is 114 cm³/mol. The number of aromatic nitrogens is 3. The van der Waals surface area contributed by atoms with Gasteiger partial charge in [0.05, 0.1) is 12.9 Å². The van der Waals surface area contributed by atoms with E-state index in [0.29, 0.717) is 23.9 Å². The van der Waals surface area contributed by atoms with Crippen molar-refractivity contribution in [2.75, 3.05) is 25.8 Å². The van der Waals surface area contributed by atoms with Crippen molar-refractivity contribution in [3.8, 4) is 5.75 Å². The van der Waals surface area contributed by atoms with Crippen LogP contribution in [0.25, 0.3) is 0 Å². The van der Waals surface area contributed by atoms with Crippen LogP contribution < -0.4 is 10.6 Å². The van der Waals surface area contributed by atoms with Crippen molar-refractivity contribution in [1.82, 2.24) is 19.8 Å². The molecule has 0 atom stereocenters. The standard InChI is InChI=1S/C21H25N5O2S/c1-15-4-6-17(7-5-15)13-25(2)20(27)14-29-21-24-23-19(26(21)22)12-16-8-10-18(28-3)11-9-16/h4-11H,12-14,22H2,1-3H3. The summed E-state index contributed by atoms with van der Waals surface area (Å²) >= 11 is 1.29. The molecule has 0 aliphatic rings. The summed E-state index contributed by atoms with van der Waals surface area (Å²) < 4.78 is 6.61. The van der Waals surface area contributed by atoms with Crippen molar-refractivity contribution in [3.63, 3.8) is 0 Å². The van der Waals surface area contributed by atoms with Crippen molar-refractivity contribution in [1.29, 1.82) is 0 Å². The first kappa shape index (κ1) is 20.7. The highest BCUT2D eigenvalue weighted by Crippen LogP contribution is 2.18. The van der Waals surface area contributed by atoms with Gasteiger partial charge in [0.1, 0.15) is 5.75 Å². The lowest BCUT2D eigenvalue weighted by Gasteiger charge is -2.17. The molecule has 1 aromatic heterocycles. The molecule has 2 aromatic carbocycles. The van der Waals surface area contributed by atoms with E-state index in [1.165, 1.54) is 22.0 Å². The molecule has 0 saturated heterocycles. The number of nitrogens with zero attached hydrogens (tertiary/aromatic N) is 4. The largest absolute Gasteiger partial charge is 0.497 e. The lowest BCUT2D eigenvalue weighted by Crippen LogP contribution is -2.28. The van der Waals surface area contributed by atoms with Gasteiger partial charge in [0.25, 0.3) is 0 Å². The fourth-order valence-corrected chi connectivity index (χ4v) is 3.56. The van der Waals surface area contributed by atoms with Crippen LogP contribution in [0.5, 0.6) is 5.75 Å². The van der Waals surface area contributed by atoms with Crippen LogP contribution in [0, 0.1) is 6.92 Å². The zero-order valence-electron chi connectivity index (χ0n) is 16.8. The van der Waals surface area contributed by atoms with E-state index in [0.717, 1.165) is 16.9 Å². The number of nitrogen functional groups attached to an aromatic ring is 1. The molecule has 0 aliphatic carbocycles. The molecule has 8 heteroatoms. The third kappa shape index (κ3) is 5.51. The molecule has 0 unspecified atom stereocenters. The van der Waals surface area contributed by atoms with Crippen molar-refractivity contribution < 1.29 is 9.53 Å². The second-order valence-electron chi connectivity index (χ2n) is 6.82. The molecule has 29 heavy (non-hydrogen) atoms. The Morgan fingerprint density at radius 3 is 2.41 bits per heavy atom. The van der Waals surface area contributed by atoms with Gasteiger partial charge in [-0.1, -0.05) is 53.7 Å². The average Bonchev–Trinajstić information content (AvgIpc) is 3.07. The Morgan fingerprint density at radius 2 is 1.76 bits per heavy atom. The number of carbonyl (C=O) groups excluding carboxylic acids is 1. The van der Waals surface area contributed by atoms with E-state index in [1.807, 2.05) is 55.5 Å². The zero-order valence-corrected chi connectivity index (χ0v) is 17.6. The second kappa shape index (κ2) is 9.47. The molecule has 0 aliphatic heterocycles. The molecule has 0 fully saturated rings. The summed E-state index contributed by atoms with van der Waals surface area (Å²) in [4.78, 5) is 14.2. The minimum atomic E-state index is 0.00952. The van der Waals surface area contributed by atoms with Gasteiger partial charge in [-0.2, -0.15) is 0 Å². The summed E-state index contributed by atoms with van der Waals surface area (Å²) in [5, 5.41) is 8.81. The predicted octanol–water partition coefficient (Wildman–Crippen LogP) is 2.65. The van der Waals surface area contributed by atoms with E-state index in [4.69, 9.17) is 10.6 Å². The van der Waals surface area contributed by atoms with Crippen LogP contribution in [-0.2, 0) is 17.8 Å². The number of amides is 1. The van der Waals surface area contributed by atoms with E-state index in [2.05, 4.69) is 10.2 Å². The van der Waals surface area contributed by atoms with Gasteiger partial charge in [-0.05, 0) is 30.2 Å². The summed E-state index contributed by atoms with van der Waals surface area (Å²) in [6.45, 7) is 2.61. The van der Waals surface area contributed by atoms with Crippen LogP contribution in [0.3, 0.4) is 0 Å². The summed E-state index contributed by atoms with van der Waals surface area (Å²) in [5.41, 5.74) is 3.35. The molecular weight excluding hydrogens is 386 g/mol. The molecule has 152 valence electrons. The smallest absolute Gasteiger partial charge is 0.233 e. The molecule has 3 rings (SSSR count). The lowest BCUT2D eigenvalue weighted by molar-refractivity contribution is -0.127. The minimum absolute atomic E-state index is 0.00952. The monoisotopic (exact) mass is 411 g/mol. The molecule has 0 radical (unpaired) electrons. The van der Waals surface area contributed by atoms with Gasteiger partial charge >= 0.3 is 0 Å². The number of methoxy groups -OCH3 is 1. The molecule has 7 nitrogen and oxygen atoms in total. The van der Waals surface area contributed by atoms with Gasteiger partial charge in [-0.3, -0.25) is 4.79 Å². The van der Waals surface area contributed by atoms with Gasteiger partial charge in [0.15, 0.2) is 5.82 Å². The summed E-state index contributed by atoms with van der Waals surface area (Å²) in [5.74, 6) is 7.82. The minimum Gasteiger partial charge on any atom is -0.497 e. The maximum Gasteiger partial charge on any atom is 0.233 e. The topological polar surface area (TPSA) is 86.3 Å². The Hall–Kier alpha value is -3.00. The van der Waals surface area contributed by atoms with E-state index >= 15 is 0 Å². The SMILES string of the molecule is COc1ccc(Cc2nnc(SCC(=O)N(C)Cc3ccc(C)cc3)n2N)cc1. The van der Waals surface area contributed by atoms with Crippen LogP contribution >= 0.6 is 11.8 Å². The molecule has 3 aromatic rings. The number of nitrogens with two attached hydrogens (primary N) is 1. The van der Waals surface area contributed by atoms with Crippen LogP contribution in [0.1, 0.15) is 22.5 Å². The number of hydrogen-bond acceptors (Lipinski definition) is 6. The summed E-state index contributed by atoms with van der Waals surface area (Å²) in [6, 6.07) is 15.9. The fraction of sp³-hybridized carbons (Fsp3) is 0.286. The number of rotatable bonds is 8. The van der Waals surface area contributed by atoms with Crippen LogP contribution in [-0.4, -0.2) is 45.6 Å². The van der Waals surface area contributed by atoms with E-state index < -0.39 is 0 Å². The van der Waals surface area contributed by atoms with Gasteiger partial charge in [0, 0.05) is 20.0 Å². The Balaban J connectivity index is 1.54.